The molecule has 1 N–H and O–H groups in total. The Kier molecular flexibility index (Phi) is 6.70. The van der Waals surface area contributed by atoms with E-state index in [-0.39, 0.29) is 11.8 Å². The minimum absolute atomic E-state index is 0.0195. The average molecular weight is 469 g/mol. The molecule has 0 saturated carbocycles. The fourth-order valence-electron chi connectivity index (χ4n) is 4.88. The molecule has 0 bridgehead atoms. The largest absolute Gasteiger partial charge is 0.497 e. The minimum atomic E-state index is 0.0195. The summed E-state index contributed by atoms with van der Waals surface area (Å²) in [5.74, 6) is 1.94. The molecule has 1 aliphatic rings. The first-order chi connectivity index (χ1) is 17.1. The number of methoxy groups -OCH3 is 1. The van der Waals surface area contributed by atoms with Crippen LogP contribution in [0.15, 0.2) is 72.8 Å². The van der Waals surface area contributed by atoms with Crippen LogP contribution in [0.5, 0.6) is 5.75 Å². The number of piperidine rings is 1. The summed E-state index contributed by atoms with van der Waals surface area (Å²) in [6.07, 6.45) is 1.63. The van der Waals surface area contributed by atoms with Crippen molar-refractivity contribution in [3.63, 3.8) is 0 Å². The third-order valence-corrected chi connectivity index (χ3v) is 6.97. The third kappa shape index (κ3) is 5.02. The highest BCUT2D eigenvalue weighted by Crippen LogP contribution is 2.28. The smallest absolute Gasteiger partial charge is 0.223 e. The van der Waals surface area contributed by atoms with Gasteiger partial charge in [0, 0.05) is 25.6 Å². The van der Waals surface area contributed by atoms with E-state index in [9.17, 15) is 4.79 Å². The van der Waals surface area contributed by atoms with Gasteiger partial charge >= 0.3 is 0 Å². The fraction of sp³-hybridized carbons (Fsp3) is 0.310. The number of hydrogen-bond donors (Lipinski definition) is 1. The minimum Gasteiger partial charge on any atom is -0.497 e. The molecule has 4 aromatic rings. The molecular formula is C29H32N4O2. The fourth-order valence-corrected chi connectivity index (χ4v) is 4.88. The summed E-state index contributed by atoms with van der Waals surface area (Å²) < 4.78 is 7.60. The van der Waals surface area contributed by atoms with E-state index in [0.29, 0.717) is 6.54 Å². The summed E-state index contributed by atoms with van der Waals surface area (Å²) in [6.45, 7) is 5.08. The molecule has 0 radical (unpaired) electrons. The van der Waals surface area contributed by atoms with Crippen molar-refractivity contribution in [2.24, 2.45) is 5.92 Å². The second-order valence-corrected chi connectivity index (χ2v) is 9.24. The summed E-state index contributed by atoms with van der Waals surface area (Å²) in [7, 11) is 1.65. The van der Waals surface area contributed by atoms with Gasteiger partial charge in [0.25, 0.3) is 0 Å². The van der Waals surface area contributed by atoms with Crippen LogP contribution in [0.4, 0.5) is 5.95 Å². The maximum absolute atomic E-state index is 12.9. The lowest BCUT2D eigenvalue weighted by atomic mass is 9.96. The molecule has 3 aromatic carbocycles. The number of nitrogens with zero attached hydrogens (tertiary/aromatic N) is 3. The summed E-state index contributed by atoms with van der Waals surface area (Å²) in [4.78, 5) is 20.2. The molecule has 1 amide bonds. The summed E-state index contributed by atoms with van der Waals surface area (Å²) in [5, 5.41) is 3.11. The Hall–Kier alpha value is -3.80. The van der Waals surface area contributed by atoms with Crippen molar-refractivity contribution < 1.29 is 9.53 Å². The number of aromatic nitrogens is 2. The number of imidazole rings is 1. The first-order valence-corrected chi connectivity index (χ1v) is 12.3. The number of rotatable bonds is 7. The summed E-state index contributed by atoms with van der Waals surface area (Å²) >= 11 is 0. The van der Waals surface area contributed by atoms with Gasteiger partial charge in [-0.3, -0.25) is 4.79 Å². The van der Waals surface area contributed by atoms with Crippen molar-refractivity contribution in [1.82, 2.24) is 14.9 Å². The Bertz CT molecular complexity index is 1320. The van der Waals surface area contributed by atoms with Gasteiger partial charge in [-0.2, -0.15) is 0 Å². The van der Waals surface area contributed by atoms with E-state index in [1.54, 1.807) is 7.11 Å². The Labute approximate surface area is 206 Å². The molecule has 1 saturated heterocycles. The number of nitrogens with one attached hydrogen (secondary N) is 1. The van der Waals surface area contributed by atoms with Crippen LogP contribution in [-0.4, -0.2) is 35.7 Å². The summed E-state index contributed by atoms with van der Waals surface area (Å²) in [5.41, 5.74) is 5.77. The van der Waals surface area contributed by atoms with Crippen molar-refractivity contribution >= 4 is 22.9 Å². The highest BCUT2D eigenvalue weighted by molar-refractivity contribution is 5.80. The lowest BCUT2D eigenvalue weighted by molar-refractivity contribution is -0.125. The highest BCUT2D eigenvalue weighted by Gasteiger charge is 2.27. The van der Waals surface area contributed by atoms with E-state index in [1.807, 2.05) is 30.3 Å². The molecule has 0 aliphatic carbocycles. The van der Waals surface area contributed by atoms with Crippen molar-refractivity contribution in [2.75, 3.05) is 25.1 Å². The Morgan fingerprint density at radius 1 is 1.03 bits per heavy atom. The van der Waals surface area contributed by atoms with E-state index in [2.05, 4.69) is 64.2 Å². The standard InChI is InChI=1S/C29H32N4O2/c1-21-8-3-4-10-24(21)20-33-27-13-6-5-12-26(27)31-29(33)32-16-14-23(15-17-32)28(34)30-19-22-9-7-11-25(18-22)35-2/h3-13,18,23H,14-17,19-20H2,1-2H3,(H,30,34). The number of aryl methyl sites for hydroxylation is 1. The maximum atomic E-state index is 12.9. The topological polar surface area (TPSA) is 59.4 Å². The third-order valence-electron chi connectivity index (χ3n) is 6.97. The number of benzene rings is 3. The molecule has 2 heterocycles. The lowest BCUT2D eigenvalue weighted by Crippen LogP contribution is -2.41. The molecule has 1 aromatic heterocycles. The monoisotopic (exact) mass is 468 g/mol. The molecular weight excluding hydrogens is 436 g/mol. The van der Waals surface area contributed by atoms with E-state index in [4.69, 9.17) is 9.72 Å². The number of ether oxygens (including phenoxy) is 1. The number of carbonyl (C=O) groups is 1. The normalized spacial score (nSPS) is 14.3. The SMILES string of the molecule is COc1cccc(CNC(=O)C2CCN(c3nc4ccccc4n3Cc3ccccc3C)CC2)c1. The zero-order chi connectivity index (χ0) is 24.2. The first-order valence-electron chi connectivity index (χ1n) is 12.3. The Morgan fingerprint density at radius 2 is 1.80 bits per heavy atom. The number of hydrogen-bond acceptors (Lipinski definition) is 4. The van der Waals surface area contributed by atoms with Gasteiger partial charge in [-0.25, -0.2) is 4.98 Å². The molecule has 1 fully saturated rings. The molecule has 35 heavy (non-hydrogen) atoms. The lowest BCUT2D eigenvalue weighted by Gasteiger charge is -2.32. The number of carbonyl (C=O) groups excluding carboxylic acids is 1. The maximum Gasteiger partial charge on any atom is 0.223 e. The molecule has 6 nitrogen and oxygen atoms in total. The van der Waals surface area contributed by atoms with E-state index < -0.39 is 0 Å². The van der Waals surface area contributed by atoms with Crippen LogP contribution in [0.3, 0.4) is 0 Å². The van der Waals surface area contributed by atoms with Crippen molar-refractivity contribution in [3.05, 3.63) is 89.5 Å². The van der Waals surface area contributed by atoms with Gasteiger partial charge in [0.2, 0.25) is 11.9 Å². The van der Waals surface area contributed by atoms with Crippen LogP contribution in [0, 0.1) is 12.8 Å². The predicted molar refractivity (Wildman–Crippen MR) is 140 cm³/mol. The van der Waals surface area contributed by atoms with E-state index >= 15 is 0 Å². The van der Waals surface area contributed by atoms with Gasteiger partial charge < -0.3 is 19.5 Å². The quantitative estimate of drug-likeness (QED) is 0.418. The highest BCUT2D eigenvalue weighted by atomic mass is 16.5. The van der Waals surface area contributed by atoms with Crippen LogP contribution >= 0.6 is 0 Å². The predicted octanol–water partition coefficient (Wildman–Crippen LogP) is 4.93. The van der Waals surface area contributed by atoms with Crippen molar-refractivity contribution in [2.45, 2.75) is 32.9 Å². The zero-order valence-electron chi connectivity index (χ0n) is 20.4. The van der Waals surface area contributed by atoms with Gasteiger partial charge in [-0.15, -0.1) is 0 Å². The van der Waals surface area contributed by atoms with Gasteiger partial charge in [0.15, 0.2) is 0 Å². The second kappa shape index (κ2) is 10.2. The molecule has 0 spiro atoms. The number of anilines is 1. The van der Waals surface area contributed by atoms with E-state index in [1.165, 1.54) is 11.1 Å². The zero-order valence-corrected chi connectivity index (χ0v) is 20.4. The van der Waals surface area contributed by atoms with Crippen LogP contribution < -0.4 is 15.0 Å². The van der Waals surface area contributed by atoms with Gasteiger partial charge in [-0.05, 0) is 60.7 Å². The second-order valence-electron chi connectivity index (χ2n) is 9.24. The van der Waals surface area contributed by atoms with E-state index in [0.717, 1.165) is 60.8 Å². The van der Waals surface area contributed by atoms with Crippen LogP contribution in [0.2, 0.25) is 0 Å². The van der Waals surface area contributed by atoms with Crippen LogP contribution in [0.25, 0.3) is 11.0 Å². The first kappa shape index (κ1) is 23.0. The van der Waals surface area contributed by atoms with Crippen LogP contribution in [0.1, 0.15) is 29.5 Å². The number of amides is 1. The average Bonchev–Trinajstić information content (AvgIpc) is 3.27. The molecule has 6 heteroatoms. The molecule has 180 valence electrons. The number of para-hydroxylation sites is 2. The van der Waals surface area contributed by atoms with Crippen LogP contribution in [-0.2, 0) is 17.9 Å². The van der Waals surface area contributed by atoms with Gasteiger partial charge in [0.05, 0.1) is 24.7 Å². The molecule has 0 atom stereocenters. The van der Waals surface area contributed by atoms with Crippen molar-refractivity contribution in [3.8, 4) is 5.75 Å². The Balaban J connectivity index is 1.27. The summed E-state index contributed by atoms with van der Waals surface area (Å²) in [6, 6.07) is 24.7. The van der Waals surface area contributed by atoms with Gasteiger partial charge in [-0.1, -0.05) is 48.5 Å². The molecule has 1 aliphatic heterocycles. The Morgan fingerprint density at radius 3 is 2.60 bits per heavy atom. The number of fused-ring (bicyclic) bond motifs is 1. The van der Waals surface area contributed by atoms with Gasteiger partial charge in [0.1, 0.15) is 5.75 Å². The molecule has 0 unspecified atom stereocenters. The van der Waals surface area contributed by atoms with Crippen molar-refractivity contribution in [1.29, 1.82) is 0 Å². The molecule has 5 rings (SSSR count).